The minimum atomic E-state index is -0.786. The Labute approximate surface area is 208 Å². The monoisotopic (exact) mass is 484 g/mol. The maximum Gasteiger partial charge on any atom is 0.348 e. The first-order chi connectivity index (χ1) is 16.0. The summed E-state index contributed by atoms with van der Waals surface area (Å²) in [6, 6.07) is 0. The number of carbonyl (C=O) groups is 2. The molecule has 2 unspecified atom stereocenters. The number of aliphatic hydroxyl groups excluding tert-OH is 1. The first-order valence-electron chi connectivity index (χ1n) is 13.5. The lowest BCUT2D eigenvalue weighted by molar-refractivity contribution is -0.196. The molecule has 1 aliphatic rings. The number of hydrogen-bond donors (Lipinski definition) is 1. The van der Waals surface area contributed by atoms with Gasteiger partial charge in [-0.25, -0.2) is 9.59 Å². The van der Waals surface area contributed by atoms with Crippen LogP contribution in [0.4, 0.5) is 0 Å². The maximum atomic E-state index is 12.4. The molecule has 200 valence electrons. The van der Waals surface area contributed by atoms with Gasteiger partial charge >= 0.3 is 11.9 Å². The van der Waals surface area contributed by atoms with Crippen LogP contribution >= 0.6 is 0 Å². The predicted octanol–water partition coefficient (Wildman–Crippen LogP) is 4.12. The summed E-state index contributed by atoms with van der Waals surface area (Å²) in [5, 5.41) is 9.70. The van der Waals surface area contributed by atoms with Gasteiger partial charge in [0.25, 0.3) is 0 Å². The van der Waals surface area contributed by atoms with Crippen LogP contribution in [0.2, 0.25) is 0 Å². The second kappa shape index (κ2) is 16.5. The number of hydrogen-bond acceptors (Lipinski definition) is 7. The van der Waals surface area contributed by atoms with Gasteiger partial charge in [-0.15, -0.1) is 0 Å². The van der Waals surface area contributed by atoms with Crippen molar-refractivity contribution in [2.75, 3.05) is 39.3 Å². The van der Waals surface area contributed by atoms with Crippen molar-refractivity contribution in [3.63, 3.8) is 0 Å². The van der Waals surface area contributed by atoms with Crippen LogP contribution in [0.1, 0.15) is 87.0 Å². The Hall–Kier alpha value is -1.18. The summed E-state index contributed by atoms with van der Waals surface area (Å²) in [7, 11) is 0. The van der Waals surface area contributed by atoms with E-state index in [4.69, 9.17) is 9.47 Å². The van der Waals surface area contributed by atoms with Crippen molar-refractivity contribution in [3.8, 4) is 0 Å². The Bertz CT molecular complexity index is 509. The molecular formula is C27H52N2O5. The smallest absolute Gasteiger partial charge is 0.348 e. The zero-order valence-corrected chi connectivity index (χ0v) is 22.9. The van der Waals surface area contributed by atoms with Gasteiger partial charge in [0.1, 0.15) is 0 Å². The normalized spacial score (nSPS) is 20.0. The molecule has 1 heterocycles. The molecule has 7 nitrogen and oxygen atoms in total. The van der Waals surface area contributed by atoms with Gasteiger partial charge in [-0.3, -0.25) is 0 Å². The van der Waals surface area contributed by atoms with Crippen LogP contribution in [0.3, 0.4) is 0 Å². The van der Waals surface area contributed by atoms with Crippen molar-refractivity contribution >= 4 is 11.9 Å². The largest absolute Gasteiger partial charge is 0.448 e. The molecule has 0 aromatic heterocycles. The molecule has 0 bridgehead atoms. The lowest BCUT2D eigenvalue weighted by atomic mass is 10.1. The minimum absolute atomic E-state index is 0.363. The van der Waals surface area contributed by atoms with Crippen molar-refractivity contribution in [2.24, 2.45) is 17.8 Å². The lowest BCUT2D eigenvalue weighted by Crippen LogP contribution is -2.44. The fraction of sp³-hybridized carbons (Fsp3) is 0.926. The fourth-order valence-electron chi connectivity index (χ4n) is 4.65. The Balaban J connectivity index is 2.34. The molecule has 7 heteroatoms. The molecule has 1 saturated heterocycles. The zero-order valence-electron chi connectivity index (χ0n) is 22.9. The van der Waals surface area contributed by atoms with Crippen LogP contribution in [-0.2, 0) is 19.1 Å². The average Bonchev–Trinajstić information content (AvgIpc) is 2.69. The second-order valence-corrected chi connectivity index (χ2v) is 11.4. The Morgan fingerprint density at radius 2 is 1.00 bits per heavy atom. The number of aliphatic hydroxyl groups is 1. The summed E-state index contributed by atoms with van der Waals surface area (Å²) in [5.74, 6) is 0.969. The summed E-state index contributed by atoms with van der Waals surface area (Å²) in [6.45, 7) is 20.6. The number of cyclic esters (lactones) is 2. The molecule has 3 atom stereocenters. The van der Waals surface area contributed by atoms with E-state index in [1.54, 1.807) is 6.92 Å². The highest BCUT2D eigenvalue weighted by Crippen LogP contribution is 2.20. The molecule has 1 rings (SSSR count). The molecule has 0 saturated carbocycles. The molecule has 1 N–H and O–H groups in total. The van der Waals surface area contributed by atoms with E-state index in [2.05, 4.69) is 51.3 Å². The van der Waals surface area contributed by atoms with Crippen LogP contribution < -0.4 is 0 Å². The van der Waals surface area contributed by atoms with Gasteiger partial charge in [0.15, 0.2) is 12.2 Å². The molecule has 34 heavy (non-hydrogen) atoms. The molecule has 1 fully saturated rings. The third-order valence-electron chi connectivity index (χ3n) is 5.82. The topological polar surface area (TPSA) is 79.3 Å². The lowest BCUT2D eigenvalue weighted by Gasteiger charge is -2.29. The molecule has 0 aromatic rings. The van der Waals surface area contributed by atoms with Crippen LogP contribution in [0, 0.1) is 17.8 Å². The number of carbonyl (C=O) groups excluding carboxylic acids is 2. The van der Waals surface area contributed by atoms with Crippen LogP contribution in [-0.4, -0.2) is 84.4 Å². The van der Waals surface area contributed by atoms with Gasteiger partial charge in [-0.2, -0.15) is 0 Å². The van der Waals surface area contributed by atoms with Gasteiger partial charge in [0.2, 0.25) is 0 Å². The molecule has 1 aliphatic heterocycles. The standard InChI is InChI=1S/C27H52N2O5/c1-20(2)16-28(17-21(3)4)14-10-8-12-24-26(31)34-25(27(32)33-24)13-9-11-15-29(18-22(5)6)19-23(7)30/h20-25,30H,8-19H2,1-7H3/t23-,24?,25?/m1/s1. The third-order valence-corrected chi connectivity index (χ3v) is 5.82. The fourth-order valence-corrected chi connectivity index (χ4v) is 4.65. The van der Waals surface area contributed by atoms with Crippen molar-refractivity contribution in [2.45, 2.75) is 105 Å². The van der Waals surface area contributed by atoms with E-state index in [9.17, 15) is 14.7 Å². The Kier molecular flexibility index (Phi) is 15.0. The molecule has 0 aliphatic carbocycles. The highest BCUT2D eigenvalue weighted by atomic mass is 16.6. The SMILES string of the molecule is CC(C)CN(CCCCC1OC(=O)C(CCCCN(CC(C)C)C[C@@H](C)O)OC1=O)CC(C)C. The van der Waals surface area contributed by atoms with E-state index in [1.165, 1.54) is 0 Å². The van der Waals surface area contributed by atoms with Crippen molar-refractivity contribution < 1.29 is 24.2 Å². The van der Waals surface area contributed by atoms with E-state index in [1.807, 2.05) is 0 Å². The Morgan fingerprint density at radius 1 is 0.647 bits per heavy atom. The number of esters is 2. The van der Waals surface area contributed by atoms with Gasteiger partial charge in [-0.1, -0.05) is 41.5 Å². The van der Waals surface area contributed by atoms with Gasteiger partial charge in [0.05, 0.1) is 6.10 Å². The summed E-state index contributed by atoms with van der Waals surface area (Å²) in [5.41, 5.74) is 0. The van der Waals surface area contributed by atoms with Crippen molar-refractivity contribution in [1.82, 2.24) is 9.80 Å². The second-order valence-electron chi connectivity index (χ2n) is 11.4. The zero-order chi connectivity index (χ0) is 25.7. The van der Waals surface area contributed by atoms with Crippen molar-refractivity contribution in [3.05, 3.63) is 0 Å². The van der Waals surface area contributed by atoms with Crippen molar-refractivity contribution in [1.29, 1.82) is 0 Å². The predicted molar refractivity (Wildman–Crippen MR) is 137 cm³/mol. The summed E-state index contributed by atoms with van der Waals surface area (Å²) >= 11 is 0. The third kappa shape index (κ3) is 13.6. The van der Waals surface area contributed by atoms with Gasteiger partial charge < -0.3 is 24.4 Å². The number of rotatable bonds is 18. The van der Waals surface area contributed by atoms with E-state index >= 15 is 0 Å². The minimum Gasteiger partial charge on any atom is -0.448 e. The highest BCUT2D eigenvalue weighted by Gasteiger charge is 2.37. The molecule has 0 aromatic carbocycles. The van der Waals surface area contributed by atoms with Crippen LogP contribution in [0.25, 0.3) is 0 Å². The quantitative estimate of drug-likeness (QED) is 0.232. The summed E-state index contributed by atoms with van der Waals surface area (Å²) < 4.78 is 10.9. The van der Waals surface area contributed by atoms with E-state index in [0.29, 0.717) is 37.1 Å². The molecular weight excluding hydrogens is 432 g/mol. The molecule has 0 spiro atoms. The van der Waals surface area contributed by atoms with Crippen LogP contribution in [0.5, 0.6) is 0 Å². The average molecular weight is 485 g/mol. The first kappa shape index (κ1) is 30.9. The molecule has 0 radical (unpaired) electrons. The molecule has 0 amide bonds. The number of ether oxygens (including phenoxy) is 2. The Morgan fingerprint density at radius 3 is 1.32 bits per heavy atom. The summed E-state index contributed by atoms with van der Waals surface area (Å²) in [6.07, 6.45) is 2.56. The first-order valence-corrected chi connectivity index (χ1v) is 13.5. The number of unbranched alkanes of at least 4 members (excludes halogenated alkanes) is 2. The van der Waals surface area contributed by atoms with Crippen LogP contribution in [0.15, 0.2) is 0 Å². The summed E-state index contributed by atoms with van der Waals surface area (Å²) in [4.78, 5) is 29.5. The van der Waals surface area contributed by atoms with E-state index < -0.39 is 24.1 Å². The van der Waals surface area contributed by atoms with E-state index in [-0.39, 0.29) is 6.10 Å². The number of nitrogens with zero attached hydrogens (tertiary/aromatic N) is 2. The highest BCUT2D eigenvalue weighted by molar-refractivity contribution is 5.87. The van der Waals surface area contributed by atoms with E-state index in [0.717, 1.165) is 58.4 Å². The maximum absolute atomic E-state index is 12.4. The van der Waals surface area contributed by atoms with Gasteiger partial charge in [0, 0.05) is 26.2 Å². The van der Waals surface area contributed by atoms with Gasteiger partial charge in [-0.05, 0) is 76.3 Å².